The van der Waals surface area contributed by atoms with E-state index in [1.54, 1.807) is 11.8 Å². The van der Waals surface area contributed by atoms with Gasteiger partial charge in [0.25, 0.3) is 0 Å². The second kappa shape index (κ2) is 8.09. The van der Waals surface area contributed by atoms with Crippen molar-refractivity contribution in [2.45, 2.75) is 46.1 Å². The molecular formula is C14H22N2O4S. The molecule has 1 saturated heterocycles. The molecule has 1 amide bonds. The molecular weight excluding hydrogens is 292 g/mol. The molecule has 1 aliphatic rings. The summed E-state index contributed by atoms with van der Waals surface area (Å²) in [5.41, 5.74) is 0.339. The standard InChI is InChI=1S/C12H16N2O4S.C2H6/c1-7-13-9(11(19-7)12(17)18)6-10(16)14-4-2-8(15)3-5-14;1-2/h8,15H,2-6H2,1H3,(H,17,18);1-2H3. The Kier molecular flexibility index (Phi) is 6.77. The number of carboxylic acids is 1. The number of aryl methyl sites for hydroxylation is 1. The molecule has 1 aliphatic heterocycles. The molecule has 0 radical (unpaired) electrons. The van der Waals surface area contributed by atoms with Crippen molar-refractivity contribution in [3.63, 3.8) is 0 Å². The molecule has 2 N–H and O–H groups in total. The van der Waals surface area contributed by atoms with Crippen molar-refractivity contribution in [3.8, 4) is 0 Å². The van der Waals surface area contributed by atoms with Crippen molar-refractivity contribution in [2.24, 2.45) is 0 Å². The highest BCUT2D eigenvalue weighted by atomic mass is 32.1. The van der Waals surface area contributed by atoms with Gasteiger partial charge in [-0.1, -0.05) is 13.8 Å². The van der Waals surface area contributed by atoms with Gasteiger partial charge < -0.3 is 15.1 Å². The molecule has 0 spiro atoms. The van der Waals surface area contributed by atoms with Crippen LogP contribution in [0.5, 0.6) is 0 Å². The first-order valence-corrected chi connectivity index (χ1v) is 7.94. The van der Waals surface area contributed by atoms with E-state index in [4.69, 9.17) is 5.11 Å². The van der Waals surface area contributed by atoms with Gasteiger partial charge in [-0.2, -0.15) is 0 Å². The van der Waals surface area contributed by atoms with Gasteiger partial charge in [0.05, 0.1) is 23.2 Å². The zero-order valence-electron chi connectivity index (χ0n) is 12.6. The minimum Gasteiger partial charge on any atom is -0.477 e. The maximum Gasteiger partial charge on any atom is 0.347 e. The Labute approximate surface area is 128 Å². The number of hydrogen-bond acceptors (Lipinski definition) is 5. The SMILES string of the molecule is CC.Cc1nc(CC(=O)N2CCC(O)CC2)c(C(=O)O)s1. The van der Waals surface area contributed by atoms with Gasteiger partial charge in [-0.05, 0) is 19.8 Å². The van der Waals surface area contributed by atoms with Gasteiger partial charge in [0.15, 0.2) is 0 Å². The molecule has 0 bridgehead atoms. The molecule has 0 atom stereocenters. The van der Waals surface area contributed by atoms with E-state index in [9.17, 15) is 14.7 Å². The zero-order valence-corrected chi connectivity index (χ0v) is 13.4. The summed E-state index contributed by atoms with van der Waals surface area (Å²) in [6.07, 6.45) is 0.837. The molecule has 21 heavy (non-hydrogen) atoms. The number of thiazole rings is 1. The van der Waals surface area contributed by atoms with Crippen LogP contribution in [-0.2, 0) is 11.2 Å². The van der Waals surface area contributed by atoms with Crippen LogP contribution in [0.4, 0.5) is 0 Å². The first-order chi connectivity index (χ1) is 9.97. The van der Waals surface area contributed by atoms with Gasteiger partial charge in [0.1, 0.15) is 4.88 Å². The van der Waals surface area contributed by atoms with Crippen LogP contribution in [0.2, 0.25) is 0 Å². The third kappa shape index (κ3) is 4.78. The topological polar surface area (TPSA) is 90.7 Å². The van der Waals surface area contributed by atoms with Crippen LogP contribution in [0.15, 0.2) is 0 Å². The van der Waals surface area contributed by atoms with Gasteiger partial charge in [-0.3, -0.25) is 4.79 Å². The number of hydrogen-bond donors (Lipinski definition) is 2. The van der Waals surface area contributed by atoms with Gasteiger partial charge in [0, 0.05) is 13.1 Å². The molecule has 1 aromatic heterocycles. The number of amides is 1. The first kappa shape index (κ1) is 17.6. The average Bonchev–Trinajstić information content (AvgIpc) is 2.82. The van der Waals surface area contributed by atoms with Crippen molar-refractivity contribution in [1.29, 1.82) is 0 Å². The van der Waals surface area contributed by atoms with Crippen molar-refractivity contribution < 1.29 is 19.8 Å². The number of aromatic nitrogens is 1. The quantitative estimate of drug-likeness (QED) is 0.886. The number of carboxylic acid groups (broad SMARTS) is 1. The second-order valence-electron chi connectivity index (χ2n) is 4.60. The maximum atomic E-state index is 12.1. The van der Waals surface area contributed by atoms with Gasteiger partial charge in [-0.25, -0.2) is 9.78 Å². The monoisotopic (exact) mass is 314 g/mol. The summed E-state index contributed by atoms with van der Waals surface area (Å²) in [6, 6.07) is 0. The number of nitrogens with zero attached hydrogens (tertiary/aromatic N) is 2. The van der Waals surface area contributed by atoms with E-state index in [1.165, 1.54) is 0 Å². The van der Waals surface area contributed by atoms with Crippen LogP contribution >= 0.6 is 11.3 Å². The summed E-state index contributed by atoms with van der Waals surface area (Å²) in [6.45, 7) is 6.76. The number of aliphatic hydroxyl groups excluding tert-OH is 1. The fraction of sp³-hybridized carbons (Fsp3) is 0.643. The Morgan fingerprint density at radius 1 is 1.33 bits per heavy atom. The Hall–Kier alpha value is -1.47. The predicted octanol–water partition coefficient (Wildman–Crippen LogP) is 1.70. The summed E-state index contributed by atoms with van der Waals surface area (Å²) in [5, 5.41) is 19.1. The number of aromatic carboxylic acids is 1. The number of aliphatic hydroxyl groups is 1. The van der Waals surface area contributed by atoms with Crippen LogP contribution in [0.3, 0.4) is 0 Å². The summed E-state index contributed by atoms with van der Waals surface area (Å²) >= 11 is 1.09. The molecule has 1 aromatic rings. The van der Waals surface area contributed by atoms with Gasteiger partial charge in [0.2, 0.25) is 5.91 Å². The number of piperidine rings is 1. The van der Waals surface area contributed by atoms with Gasteiger partial charge in [-0.15, -0.1) is 11.3 Å². The minimum atomic E-state index is -1.04. The minimum absolute atomic E-state index is 0.0159. The highest BCUT2D eigenvalue weighted by Gasteiger charge is 2.24. The lowest BCUT2D eigenvalue weighted by molar-refractivity contribution is -0.132. The van der Waals surface area contributed by atoms with E-state index in [2.05, 4.69) is 4.98 Å². The third-order valence-corrected chi connectivity index (χ3v) is 4.14. The molecule has 0 aliphatic carbocycles. The van der Waals surface area contributed by atoms with E-state index < -0.39 is 5.97 Å². The summed E-state index contributed by atoms with van der Waals surface area (Å²) in [4.78, 5) is 29.0. The largest absolute Gasteiger partial charge is 0.477 e. The first-order valence-electron chi connectivity index (χ1n) is 7.13. The van der Waals surface area contributed by atoms with E-state index in [0.29, 0.717) is 36.6 Å². The molecule has 1 fully saturated rings. The third-order valence-electron chi connectivity index (χ3n) is 3.13. The zero-order chi connectivity index (χ0) is 16.0. The molecule has 0 aromatic carbocycles. The number of likely N-dealkylation sites (tertiary alicyclic amines) is 1. The summed E-state index contributed by atoms with van der Waals surface area (Å²) < 4.78 is 0. The van der Waals surface area contributed by atoms with Crippen molar-refractivity contribution in [3.05, 3.63) is 15.6 Å². The molecule has 6 nitrogen and oxygen atoms in total. The Bertz CT molecular complexity index is 493. The summed E-state index contributed by atoms with van der Waals surface area (Å²) in [7, 11) is 0. The van der Waals surface area contributed by atoms with Crippen molar-refractivity contribution in [1.82, 2.24) is 9.88 Å². The fourth-order valence-electron chi connectivity index (χ4n) is 2.13. The molecule has 118 valence electrons. The number of rotatable bonds is 3. The number of carbonyl (C=O) groups excluding carboxylic acids is 1. The van der Waals surface area contributed by atoms with Crippen molar-refractivity contribution >= 4 is 23.2 Å². The highest BCUT2D eigenvalue weighted by Crippen LogP contribution is 2.20. The lowest BCUT2D eigenvalue weighted by Gasteiger charge is -2.29. The smallest absolute Gasteiger partial charge is 0.347 e. The Balaban J connectivity index is 0.00000106. The van der Waals surface area contributed by atoms with Crippen molar-refractivity contribution in [2.75, 3.05) is 13.1 Å². The average molecular weight is 314 g/mol. The maximum absolute atomic E-state index is 12.1. The normalized spacial score (nSPS) is 15.3. The molecule has 0 saturated carbocycles. The lowest BCUT2D eigenvalue weighted by atomic mass is 10.1. The predicted molar refractivity (Wildman–Crippen MR) is 80.7 cm³/mol. The number of carbonyl (C=O) groups is 2. The summed E-state index contributed by atoms with van der Waals surface area (Å²) in [5.74, 6) is -1.16. The second-order valence-corrected chi connectivity index (χ2v) is 5.81. The Morgan fingerprint density at radius 2 is 1.90 bits per heavy atom. The van der Waals surface area contributed by atoms with Crippen LogP contribution in [0, 0.1) is 6.92 Å². The van der Waals surface area contributed by atoms with E-state index >= 15 is 0 Å². The lowest BCUT2D eigenvalue weighted by Crippen LogP contribution is -2.41. The molecule has 0 unspecified atom stereocenters. The van der Waals surface area contributed by atoms with Gasteiger partial charge >= 0.3 is 5.97 Å². The molecule has 2 heterocycles. The highest BCUT2D eigenvalue weighted by molar-refractivity contribution is 7.13. The Morgan fingerprint density at radius 3 is 2.43 bits per heavy atom. The van der Waals surface area contributed by atoms with Crippen LogP contribution in [0.25, 0.3) is 0 Å². The van der Waals surface area contributed by atoms with Crippen LogP contribution in [0.1, 0.15) is 47.1 Å². The fourth-order valence-corrected chi connectivity index (χ4v) is 2.90. The van der Waals surface area contributed by atoms with E-state index in [1.807, 2.05) is 13.8 Å². The van der Waals surface area contributed by atoms with Crippen LogP contribution in [-0.4, -0.2) is 51.2 Å². The van der Waals surface area contributed by atoms with E-state index in [0.717, 1.165) is 11.3 Å². The van der Waals surface area contributed by atoms with Crippen LogP contribution < -0.4 is 0 Å². The molecule has 7 heteroatoms. The molecule has 2 rings (SSSR count). The van der Waals surface area contributed by atoms with E-state index in [-0.39, 0.29) is 23.3 Å².